The Labute approximate surface area is 343 Å². The molecule has 0 bridgehead atoms. The molecule has 0 aliphatic carbocycles. The number of piperidine rings is 1. The zero-order chi connectivity index (χ0) is 40.2. The Morgan fingerprint density at radius 2 is 1.43 bits per heavy atom. The fourth-order valence-electron chi connectivity index (χ4n) is 6.97. The lowest BCUT2D eigenvalue weighted by Gasteiger charge is -2.37. The van der Waals surface area contributed by atoms with Gasteiger partial charge in [-0.2, -0.15) is 4.98 Å². The molecule has 0 saturated carbocycles. The second-order valence-electron chi connectivity index (χ2n) is 14.6. The van der Waals surface area contributed by atoms with E-state index in [0.29, 0.717) is 18.4 Å². The highest BCUT2D eigenvalue weighted by molar-refractivity contribution is 5.79. The molecule has 2 aliphatic rings. The Bertz CT molecular complexity index is 2010. The summed E-state index contributed by atoms with van der Waals surface area (Å²) in [7, 11) is 2.04. The summed E-state index contributed by atoms with van der Waals surface area (Å²) in [6.07, 6.45) is 37.9. The van der Waals surface area contributed by atoms with Crippen LogP contribution in [-0.2, 0) is 16.0 Å². The Morgan fingerprint density at radius 3 is 2.10 bits per heavy atom. The molecule has 1 unspecified atom stereocenters. The number of benzene rings is 2. The number of ether oxygens (including phenoxy) is 3. The summed E-state index contributed by atoms with van der Waals surface area (Å²) >= 11 is 0. The number of aromatic nitrogens is 4. The molecule has 0 spiro atoms. The molecule has 306 valence electrons. The quantitative estimate of drug-likeness (QED) is 0.0418. The van der Waals surface area contributed by atoms with Gasteiger partial charge in [-0.25, -0.2) is 14.4 Å². The van der Waals surface area contributed by atoms with Gasteiger partial charge in [0.2, 0.25) is 17.8 Å². The molecular weight excluding hydrogens is 728 g/mol. The minimum absolute atomic E-state index is 0.0680. The zero-order valence-corrected chi connectivity index (χ0v) is 34.1. The molecule has 2 aliphatic heterocycles. The van der Waals surface area contributed by atoms with Crippen molar-refractivity contribution < 1.29 is 18.6 Å². The molecule has 2 saturated heterocycles. The molecule has 2 aromatic carbocycles. The number of para-hydroxylation sites is 2. The van der Waals surface area contributed by atoms with Crippen molar-refractivity contribution in [1.82, 2.24) is 19.5 Å². The van der Waals surface area contributed by atoms with E-state index in [1.807, 2.05) is 37.4 Å². The second kappa shape index (κ2) is 23.2. The first-order valence-corrected chi connectivity index (χ1v) is 20.9. The standard InChI is InChI=1S/C48H59FN6O3/c1-3-4-5-6-7-8-9-10-11-12-13-14-15-16-17-18-19-20-21-26-44-46(58-44)57-38-56-45-31-34-50-47(52-45)53(2)41-32-35-54(36-33-41)48-51-42-24-22-23-25-43(42)55(48)37-39-27-29-40(49)30-28-39/h4-5,7-8,10-11,13-14,16-17,19-20,22-25,27-31,34,41,44,46H,3,6,9,12,15,18,21,26,32-33,35-38H2,1-2H3/b5-4-,8-7-,11-10-,14-13-,17-16-,20-19-/t44-,46?/m0/s1. The van der Waals surface area contributed by atoms with E-state index in [-0.39, 0.29) is 31.0 Å². The lowest BCUT2D eigenvalue weighted by Crippen LogP contribution is -2.44. The van der Waals surface area contributed by atoms with Gasteiger partial charge >= 0.3 is 0 Å². The highest BCUT2D eigenvalue weighted by Gasteiger charge is 2.39. The van der Waals surface area contributed by atoms with Crippen LogP contribution in [0.15, 0.2) is 134 Å². The largest absolute Gasteiger partial charge is 0.450 e. The van der Waals surface area contributed by atoms with Crippen LogP contribution < -0.4 is 14.5 Å². The van der Waals surface area contributed by atoms with Gasteiger partial charge in [-0.15, -0.1) is 0 Å². The molecule has 6 rings (SSSR count). The van der Waals surface area contributed by atoms with Crippen LogP contribution in [0.3, 0.4) is 0 Å². The van der Waals surface area contributed by atoms with E-state index in [9.17, 15) is 4.39 Å². The molecule has 2 atom stereocenters. The SMILES string of the molecule is CC/C=C\C/C=C\C/C=C\C/C=C\C/C=C\C/C=C\CC[C@@H]1OC1OCOc1ccnc(N(C)C2CCN(c3nc4ccccc4n3Cc3ccc(F)cc3)CC2)n1. The maximum Gasteiger partial charge on any atom is 0.228 e. The second-order valence-corrected chi connectivity index (χ2v) is 14.6. The van der Waals surface area contributed by atoms with Crippen molar-refractivity contribution in [3.05, 3.63) is 145 Å². The topological polar surface area (TPSA) is 81.1 Å². The smallest absolute Gasteiger partial charge is 0.228 e. The number of anilines is 2. The molecule has 4 aromatic rings. The number of halogens is 1. The highest BCUT2D eigenvalue weighted by atomic mass is 19.1. The first-order chi connectivity index (χ1) is 28.6. The number of hydrogen-bond donors (Lipinski definition) is 0. The third-order valence-corrected chi connectivity index (χ3v) is 10.3. The van der Waals surface area contributed by atoms with E-state index in [1.54, 1.807) is 12.3 Å². The van der Waals surface area contributed by atoms with Crippen LogP contribution in [0.2, 0.25) is 0 Å². The van der Waals surface area contributed by atoms with Gasteiger partial charge in [0, 0.05) is 38.4 Å². The number of rotatable bonds is 23. The summed E-state index contributed by atoms with van der Waals surface area (Å²) in [6, 6.07) is 16.9. The Morgan fingerprint density at radius 1 is 0.793 bits per heavy atom. The summed E-state index contributed by atoms with van der Waals surface area (Å²) in [5.41, 5.74) is 3.06. The summed E-state index contributed by atoms with van der Waals surface area (Å²) in [4.78, 5) is 18.7. The minimum Gasteiger partial charge on any atom is -0.450 e. The van der Waals surface area contributed by atoms with E-state index in [4.69, 9.17) is 19.2 Å². The fraction of sp³-hybridized carbons (Fsp3) is 0.396. The Balaban J connectivity index is 0.840. The summed E-state index contributed by atoms with van der Waals surface area (Å²) < 4.78 is 33.2. The molecule has 10 heteroatoms. The molecule has 58 heavy (non-hydrogen) atoms. The van der Waals surface area contributed by atoms with E-state index >= 15 is 0 Å². The fourth-order valence-corrected chi connectivity index (χ4v) is 6.97. The van der Waals surface area contributed by atoms with E-state index in [1.165, 1.54) is 12.1 Å². The van der Waals surface area contributed by atoms with Gasteiger partial charge in [-0.1, -0.05) is 104 Å². The highest BCUT2D eigenvalue weighted by Crippen LogP contribution is 2.30. The number of hydrogen-bond acceptors (Lipinski definition) is 8. The number of allylic oxidation sites excluding steroid dienone is 12. The van der Waals surface area contributed by atoms with Gasteiger partial charge in [0.1, 0.15) is 11.9 Å². The summed E-state index contributed by atoms with van der Waals surface area (Å²) in [6.45, 7) is 4.53. The van der Waals surface area contributed by atoms with Crippen LogP contribution in [0.4, 0.5) is 16.3 Å². The number of nitrogens with zero attached hydrogens (tertiary/aromatic N) is 6. The molecule has 0 amide bonds. The first-order valence-electron chi connectivity index (χ1n) is 20.9. The van der Waals surface area contributed by atoms with Crippen LogP contribution in [-0.4, -0.2) is 64.9 Å². The molecule has 4 heterocycles. The van der Waals surface area contributed by atoms with Crippen molar-refractivity contribution in [2.75, 3.05) is 36.7 Å². The Kier molecular flexibility index (Phi) is 16.9. The van der Waals surface area contributed by atoms with Gasteiger partial charge in [0.05, 0.1) is 17.6 Å². The van der Waals surface area contributed by atoms with Crippen LogP contribution in [0, 0.1) is 5.82 Å². The lowest BCUT2D eigenvalue weighted by molar-refractivity contribution is -0.0361. The van der Waals surface area contributed by atoms with Crippen LogP contribution in [0.1, 0.15) is 76.7 Å². The molecule has 0 radical (unpaired) electrons. The average Bonchev–Trinajstić information content (AvgIpc) is 3.91. The molecule has 2 aromatic heterocycles. The van der Waals surface area contributed by atoms with E-state index in [0.717, 1.165) is 99.8 Å². The third kappa shape index (κ3) is 13.4. The molecule has 0 N–H and O–H groups in total. The summed E-state index contributed by atoms with van der Waals surface area (Å²) in [5, 5.41) is 0. The van der Waals surface area contributed by atoms with E-state index < -0.39 is 0 Å². The van der Waals surface area contributed by atoms with Crippen molar-refractivity contribution in [1.29, 1.82) is 0 Å². The van der Waals surface area contributed by atoms with Gasteiger partial charge in [-0.3, -0.25) is 0 Å². The molecule has 2 fully saturated rings. The first kappa shape index (κ1) is 42.3. The molecular formula is C48H59FN6O3. The van der Waals surface area contributed by atoms with Crippen molar-refractivity contribution in [3.63, 3.8) is 0 Å². The molecule has 9 nitrogen and oxygen atoms in total. The number of imidazole rings is 1. The van der Waals surface area contributed by atoms with Crippen molar-refractivity contribution in [3.8, 4) is 5.88 Å². The van der Waals surface area contributed by atoms with Gasteiger partial charge in [0.15, 0.2) is 13.1 Å². The van der Waals surface area contributed by atoms with Crippen LogP contribution in [0.25, 0.3) is 11.0 Å². The maximum absolute atomic E-state index is 13.6. The lowest BCUT2D eigenvalue weighted by atomic mass is 10.0. The normalized spacial score (nSPS) is 17.8. The van der Waals surface area contributed by atoms with Gasteiger partial charge in [-0.05, 0) is 94.0 Å². The van der Waals surface area contributed by atoms with Crippen molar-refractivity contribution in [2.24, 2.45) is 0 Å². The Hall–Kier alpha value is -5.32. The van der Waals surface area contributed by atoms with Gasteiger partial charge < -0.3 is 28.6 Å². The van der Waals surface area contributed by atoms with Crippen molar-refractivity contribution >= 4 is 22.9 Å². The minimum atomic E-state index is -0.239. The zero-order valence-electron chi connectivity index (χ0n) is 34.1. The average molecular weight is 787 g/mol. The monoisotopic (exact) mass is 786 g/mol. The predicted molar refractivity (Wildman–Crippen MR) is 234 cm³/mol. The summed E-state index contributed by atoms with van der Waals surface area (Å²) in [5.74, 6) is 1.80. The number of epoxide rings is 1. The number of fused-ring (bicyclic) bond motifs is 1. The van der Waals surface area contributed by atoms with Crippen LogP contribution in [0.5, 0.6) is 5.88 Å². The van der Waals surface area contributed by atoms with Crippen LogP contribution >= 0.6 is 0 Å². The van der Waals surface area contributed by atoms with Gasteiger partial charge in [0.25, 0.3) is 0 Å². The predicted octanol–water partition coefficient (Wildman–Crippen LogP) is 10.7. The third-order valence-electron chi connectivity index (χ3n) is 10.3. The van der Waals surface area contributed by atoms with E-state index in [2.05, 4.69) is 110 Å². The van der Waals surface area contributed by atoms with Crippen molar-refractivity contribution in [2.45, 2.75) is 96.1 Å². The maximum atomic E-state index is 13.6.